The normalized spacial score (nSPS) is 11.4. The standard InChI is InChI=1S/C11H9I3O3/c1-6(2-10(15)16)5-17-11-8(13)3-7(12)4-9(11)14/h2-4H,5H2,1H3,(H,15,16). The van der Waals surface area contributed by atoms with Crippen molar-refractivity contribution < 1.29 is 14.6 Å². The number of benzene rings is 1. The highest BCUT2D eigenvalue weighted by atomic mass is 127. The molecule has 0 bridgehead atoms. The van der Waals surface area contributed by atoms with Gasteiger partial charge in [0, 0.05) is 9.65 Å². The minimum Gasteiger partial charge on any atom is -0.487 e. The molecule has 0 unspecified atom stereocenters. The third-order valence-corrected chi connectivity index (χ3v) is 4.00. The molecule has 17 heavy (non-hydrogen) atoms. The third-order valence-electron chi connectivity index (χ3n) is 1.78. The number of halogens is 3. The van der Waals surface area contributed by atoms with Crippen LogP contribution in [0.15, 0.2) is 23.8 Å². The molecule has 0 aliphatic rings. The first-order valence-electron chi connectivity index (χ1n) is 4.57. The molecule has 1 rings (SSSR count). The number of carboxylic acids is 1. The van der Waals surface area contributed by atoms with Crippen molar-refractivity contribution in [2.45, 2.75) is 6.92 Å². The Bertz CT molecular complexity index is 446. The largest absolute Gasteiger partial charge is 0.487 e. The summed E-state index contributed by atoms with van der Waals surface area (Å²) in [4.78, 5) is 10.5. The zero-order valence-corrected chi connectivity index (χ0v) is 15.3. The van der Waals surface area contributed by atoms with Crippen molar-refractivity contribution >= 4 is 73.7 Å². The number of carboxylic acid groups (broad SMARTS) is 1. The topological polar surface area (TPSA) is 46.5 Å². The maximum Gasteiger partial charge on any atom is 0.328 e. The van der Waals surface area contributed by atoms with Crippen molar-refractivity contribution in [2.24, 2.45) is 0 Å². The van der Waals surface area contributed by atoms with Gasteiger partial charge < -0.3 is 9.84 Å². The lowest BCUT2D eigenvalue weighted by Gasteiger charge is -2.10. The van der Waals surface area contributed by atoms with E-state index in [9.17, 15) is 4.79 Å². The molecule has 0 saturated heterocycles. The predicted octanol–water partition coefficient (Wildman–Crippen LogP) is 3.91. The molecule has 0 atom stereocenters. The Hall–Kier alpha value is 0.420. The van der Waals surface area contributed by atoms with Gasteiger partial charge in [0.2, 0.25) is 0 Å². The highest BCUT2D eigenvalue weighted by molar-refractivity contribution is 14.1. The third kappa shape index (κ3) is 5.28. The first-order chi connectivity index (χ1) is 7.90. The molecule has 0 amide bonds. The fraction of sp³-hybridized carbons (Fsp3) is 0.182. The van der Waals surface area contributed by atoms with Crippen LogP contribution in [0.1, 0.15) is 6.92 Å². The minimum atomic E-state index is -0.946. The van der Waals surface area contributed by atoms with Crippen LogP contribution in [0.25, 0.3) is 0 Å². The maximum absolute atomic E-state index is 10.5. The van der Waals surface area contributed by atoms with Gasteiger partial charge in [-0.2, -0.15) is 0 Å². The van der Waals surface area contributed by atoms with Crippen LogP contribution >= 0.6 is 67.8 Å². The molecule has 92 valence electrons. The molecule has 0 radical (unpaired) electrons. The zero-order chi connectivity index (χ0) is 13.0. The molecular weight excluding hydrogens is 561 g/mol. The van der Waals surface area contributed by atoms with E-state index >= 15 is 0 Å². The van der Waals surface area contributed by atoms with E-state index in [1.165, 1.54) is 0 Å². The second kappa shape index (κ2) is 7.12. The summed E-state index contributed by atoms with van der Waals surface area (Å²) < 4.78 is 8.85. The molecule has 0 heterocycles. The number of hydrogen-bond acceptors (Lipinski definition) is 2. The molecule has 0 aliphatic heterocycles. The van der Waals surface area contributed by atoms with Crippen LogP contribution in [0.5, 0.6) is 5.75 Å². The molecule has 0 aromatic heterocycles. The summed E-state index contributed by atoms with van der Waals surface area (Å²) in [6, 6.07) is 4.05. The van der Waals surface area contributed by atoms with E-state index in [1.54, 1.807) is 6.92 Å². The van der Waals surface area contributed by atoms with E-state index in [2.05, 4.69) is 67.8 Å². The molecule has 1 aromatic carbocycles. The Labute approximate surface area is 140 Å². The Morgan fingerprint density at radius 1 is 1.35 bits per heavy atom. The number of aliphatic carboxylic acids is 1. The lowest BCUT2D eigenvalue weighted by Crippen LogP contribution is -2.04. The van der Waals surface area contributed by atoms with Crippen LogP contribution in [-0.2, 0) is 4.79 Å². The molecule has 0 aliphatic carbocycles. The SMILES string of the molecule is CC(=CC(=O)O)COc1c(I)cc(I)cc1I. The van der Waals surface area contributed by atoms with E-state index in [0.717, 1.165) is 22.5 Å². The summed E-state index contributed by atoms with van der Waals surface area (Å²) in [7, 11) is 0. The summed E-state index contributed by atoms with van der Waals surface area (Å²) in [5.74, 6) is -0.136. The summed E-state index contributed by atoms with van der Waals surface area (Å²) in [5.41, 5.74) is 0.683. The Morgan fingerprint density at radius 2 is 1.88 bits per heavy atom. The average Bonchev–Trinajstić information content (AvgIpc) is 2.14. The number of hydrogen-bond donors (Lipinski definition) is 1. The zero-order valence-electron chi connectivity index (χ0n) is 8.84. The van der Waals surface area contributed by atoms with E-state index in [0.29, 0.717) is 12.2 Å². The van der Waals surface area contributed by atoms with Crippen LogP contribution in [0, 0.1) is 10.7 Å². The van der Waals surface area contributed by atoms with Crippen LogP contribution in [-0.4, -0.2) is 17.7 Å². The molecule has 0 spiro atoms. The average molecular weight is 570 g/mol. The van der Waals surface area contributed by atoms with Crippen molar-refractivity contribution in [1.29, 1.82) is 0 Å². The first kappa shape index (κ1) is 15.5. The van der Waals surface area contributed by atoms with Crippen molar-refractivity contribution in [3.05, 3.63) is 34.5 Å². The van der Waals surface area contributed by atoms with Crippen molar-refractivity contribution in [3.8, 4) is 5.75 Å². The van der Waals surface area contributed by atoms with E-state index in [-0.39, 0.29) is 0 Å². The van der Waals surface area contributed by atoms with Gasteiger partial charge in [-0.15, -0.1) is 0 Å². The van der Waals surface area contributed by atoms with E-state index < -0.39 is 5.97 Å². The van der Waals surface area contributed by atoms with Crippen LogP contribution in [0.4, 0.5) is 0 Å². The van der Waals surface area contributed by atoms with Crippen LogP contribution in [0.2, 0.25) is 0 Å². The van der Waals surface area contributed by atoms with Crippen molar-refractivity contribution in [3.63, 3.8) is 0 Å². The second-order valence-electron chi connectivity index (χ2n) is 3.32. The summed E-state index contributed by atoms with van der Waals surface area (Å²) >= 11 is 6.68. The molecule has 0 fully saturated rings. The van der Waals surface area contributed by atoms with Crippen molar-refractivity contribution in [1.82, 2.24) is 0 Å². The van der Waals surface area contributed by atoms with Gasteiger partial charge in [0.25, 0.3) is 0 Å². The molecule has 0 saturated carbocycles. The maximum atomic E-state index is 10.5. The quantitative estimate of drug-likeness (QED) is 0.442. The van der Waals surface area contributed by atoms with E-state index in [4.69, 9.17) is 9.84 Å². The van der Waals surface area contributed by atoms with Gasteiger partial charge in [0.1, 0.15) is 12.4 Å². The number of carbonyl (C=O) groups is 1. The molecule has 6 heteroatoms. The van der Waals surface area contributed by atoms with Crippen LogP contribution in [0.3, 0.4) is 0 Å². The highest BCUT2D eigenvalue weighted by Gasteiger charge is 2.08. The van der Waals surface area contributed by atoms with E-state index in [1.807, 2.05) is 12.1 Å². The monoisotopic (exact) mass is 570 g/mol. The fourth-order valence-corrected chi connectivity index (χ4v) is 5.00. The van der Waals surface area contributed by atoms with Crippen molar-refractivity contribution in [2.75, 3.05) is 6.61 Å². The van der Waals surface area contributed by atoms with Gasteiger partial charge in [-0.25, -0.2) is 4.79 Å². The van der Waals surface area contributed by atoms with Gasteiger partial charge in [-0.3, -0.25) is 0 Å². The van der Waals surface area contributed by atoms with Gasteiger partial charge in [0.05, 0.1) is 7.14 Å². The molecule has 1 N–H and O–H groups in total. The second-order valence-corrected chi connectivity index (χ2v) is 6.89. The summed E-state index contributed by atoms with van der Waals surface area (Å²) in [6.07, 6.45) is 1.16. The minimum absolute atomic E-state index is 0.291. The molecule has 3 nitrogen and oxygen atoms in total. The van der Waals surface area contributed by atoms with Crippen LogP contribution < -0.4 is 4.74 Å². The first-order valence-corrected chi connectivity index (χ1v) is 7.81. The fourth-order valence-electron chi connectivity index (χ4n) is 1.11. The van der Waals surface area contributed by atoms with Gasteiger partial charge in [-0.1, -0.05) is 0 Å². The Kier molecular flexibility index (Phi) is 6.48. The van der Waals surface area contributed by atoms with Gasteiger partial charge >= 0.3 is 5.97 Å². The number of ether oxygens (including phenoxy) is 1. The lowest BCUT2D eigenvalue weighted by molar-refractivity contribution is -0.131. The smallest absolute Gasteiger partial charge is 0.328 e. The molecular formula is C11H9I3O3. The summed E-state index contributed by atoms with van der Waals surface area (Å²) in [5, 5.41) is 8.59. The summed E-state index contributed by atoms with van der Waals surface area (Å²) in [6.45, 7) is 2.03. The van der Waals surface area contributed by atoms with Gasteiger partial charge in [-0.05, 0) is 92.4 Å². The molecule has 1 aromatic rings. The lowest BCUT2D eigenvalue weighted by atomic mass is 10.3. The Morgan fingerprint density at radius 3 is 2.35 bits per heavy atom. The predicted molar refractivity (Wildman–Crippen MR) is 91.5 cm³/mol. The number of rotatable bonds is 4. The Balaban J connectivity index is 2.80. The highest BCUT2D eigenvalue weighted by Crippen LogP contribution is 2.29. The van der Waals surface area contributed by atoms with Gasteiger partial charge in [0.15, 0.2) is 0 Å².